The number of ether oxygens (including phenoxy) is 1. The van der Waals surface area contributed by atoms with Crippen LogP contribution in [0.3, 0.4) is 0 Å². The minimum Gasteiger partial charge on any atom is -0.365 e. The quantitative estimate of drug-likeness (QED) is 0.713. The molecule has 0 bridgehead atoms. The van der Waals surface area contributed by atoms with Crippen LogP contribution < -0.4 is 15.5 Å². The molecule has 1 fully saturated rings. The summed E-state index contributed by atoms with van der Waals surface area (Å²) in [6.07, 6.45) is 0.236. The smallest absolute Gasteiger partial charge is 0.170 e. The first-order valence-electron chi connectivity index (χ1n) is 8.09. The lowest BCUT2D eigenvalue weighted by molar-refractivity contribution is -0.914. The van der Waals surface area contributed by atoms with Crippen molar-refractivity contribution < 1.29 is 9.64 Å². The summed E-state index contributed by atoms with van der Waals surface area (Å²) < 4.78 is 5.84. The number of hydrogen-bond donors (Lipinski definition) is 3. The van der Waals surface area contributed by atoms with Crippen LogP contribution in [0.2, 0.25) is 0 Å². The highest BCUT2D eigenvalue weighted by Gasteiger charge is 2.24. The van der Waals surface area contributed by atoms with E-state index in [4.69, 9.17) is 17.0 Å². The highest BCUT2D eigenvalue weighted by molar-refractivity contribution is 7.80. The summed E-state index contributed by atoms with van der Waals surface area (Å²) in [4.78, 5) is 1.63. The fraction of sp³-hybridized carbons (Fsp3) is 0.588. The van der Waals surface area contributed by atoms with E-state index in [1.165, 1.54) is 12.1 Å². The number of aryl methyl sites for hydroxylation is 1. The van der Waals surface area contributed by atoms with Crippen LogP contribution in [0.5, 0.6) is 0 Å². The molecule has 1 aliphatic heterocycles. The predicted molar refractivity (Wildman–Crippen MR) is 95.5 cm³/mol. The van der Waals surface area contributed by atoms with Crippen LogP contribution >= 0.6 is 12.2 Å². The van der Waals surface area contributed by atoms with E-state index < -0.39 is 0 Å². The molecule has 0 radical (unpaired) electrons. The van der Waals surface area contributed by atoms with Gasteiger partial charge in [0.1, 0.15) is 19.2 Å². The first kappa shape index (κ1) is 17.2. The van der Waals surface area contributed by atoms with Crippen LogP contribution in [0.4, 0.5) is 5.69 Å². The molecule has 4 nitrogen and oxygen atoms in total. The highest BCUT2D eigenvalue weighted by atomic mass is 32.1. The van der Waals surface area contributed by atoms with Gasteiger partial charge < -0.3 is 20.3 Å². The molecular weight excluding hydrogens is 294 g/mol. The van der Waals surface area contributed by atoms with E-state index in [0.717, 1.165) is 37.8 Å². The largest absolute Gasteiger partial charge is 0.365 e. The summed E-state index contributed by atoms with van der Waals surface area (Å²) in [5, 5.41) is 7.14. The topological polar surface area (TPSA) is 37.7 Å². The van der Waals surface area contributed by atoms with E-state index in [1.807, 2.05) is 12.1 Å². The van der Waals surface area contributed by atoms with Gasteiger partial charge >= 0.3 is 0 Å². The number of benzene rings is 1. The Bertz CT molecular complexity index is 475. The predicted octanol–water partition coefficient (Wildman–Crippen LogP) is 1.22. The van der Waals surface area contributed by atoms with Crippen molar-refractivity contribution in [2.45, 2.75) is 26.9 Å². The second-order valence-corrected chi connectivity index (χ2v) is 6.90. The average molecular weight is 322 g/mol. The van der Waals surface area contributed by atoms with Crippen molar-refractivity contribution in [2.75, 3.05) is 38.1 Å². The van der Waals surface area contributed by atoms with Crippen LogP contribution in [0, 0.1) is 12.8 Å². The second-order valence-electron chi connectivity index (χ2n) is 6.50. The molecule has 0 aromatic heterocycles. The number of thiocarbonyl (C=S) groups is 1. The Labute approximate surface area is 139 Å². The van der Waals surface area contributed by atoms with Crippen molar-refractivity contribution in [3.8, 4) is 0 Å². The first-order chi connectivity index (χ1) is 10.5. The van der Waals surface area contributed by atoms with Crippen molar-refractivity contribution in [2.24, 2.45) is 5.92 Å². The molecule has 1 unspecified atom stereocenters. The summed E-state index contributed by atoms with van der Waals surface area (Å²) in [6, 6.07) is 8.22. The zero-order chi connectivity index (χ0) is 15.9. The molecule has 1 heterocycles. The normalized spacial score (nSPS) is 21.6. The van der Waals surface area contributed by atoms with E-state index in [-0.39, 0.29) is 6.10 Å². The van der Waals surface area contributed by atoms with Crippen molar-refractivity contribution in [3.63, 3.8) is 0 Å². The van der Waals surface area contributed by atoms with Gasteiger partial charge in [0.15, 0.2) is 5.11 Å². The van der Waals surface area contributed by atoms with Crippen LogP contribution in [-0.4, -0.2) is 44.0 Å². The Morgan fingerprint density at radius 3 is 2.77 bits per heavy atom. The lowest BCUT2D eigenvalue weighted by Gasteiger charge is -2.31. The Balaban J connectivity index is 1.72. The van der Waals surface area contributed by atoms with Gasteiger partial charge in [-0.05, 0) is 31.3 Å². The van der Waals surface area contributed by atoms with Gasteiger partial charge in [-0.25, -0.2) is 0 Å². The molecule has 0 aliphatic carbocycles. The molecule has 22 heavy (non-hydrogen) atoms. The van der Waals surface area contributed by atoms with Crippen molar-refractivity contribution in [1.29, 1.82) is 0 Å². The van der Waals surface area contributed by atoms with Gasteiger partial charge in [-0.1, -0.05) is 31.5 Å². The van der Waals surface area contributed by atoms with Gasteiger partial charge in [-0.15, -0.1) is 0 Å². The van der Waals surface area contributed by atoms with Gasteiger partial charge in [0.2, 0.25) is 0 Å². The Morgan fingerprint density at radius 1 is 1.36 bits per heavy atom. The van der Waals surface area contributed by atoms with E-state index in [0.29, 0.717) is 5.11 Å². The molecule has 0 spiro atoms. The summed E-state index contributed by atoms with van der Waals surface area (Å²) in [7, 11) is 0. The summed E-state index contributed by atoms with van der Waals surface area (Å²) >= 11 is 5.35. The van der Waals surface area contributed by atoms with Crippen LogP contribution in [0.15, 0.2) is 24.3 Å². The third-order valence-corrected chi connectivity index (χ3v) is 4.07. The van der Waals surface area contributed by atoms with Crippen LogP contribution in [0.25, 0.3) is 0 Å². The first-order valence-corrected chi connectivity index (χ1v) is 8.50. The maximum Gasteiger partial charge on any atom is 0.170 e. The molecule has 3 N–H and O–H groups in total. The molecule has 1 aromatic rings. The van der Waals surface area contributed by atoms with Gasteiger partial charge in [0.25, 0.3) is 0 Å². The number of morpholine rings is 1. The Kier molecular flexibility index (Phi) is 6.61. The lowest BCUT2D eigenvalue weighted by atomic mass is 10.2. The molecule has 1 aliphatic rings. The molecular formula is C17H28N3OS+. The standard InChI is InChI=1S/C17H27N3OS/c1-13(2)11-20-8-9-21-16(12-20)10-18-17(22)19-15-6-4-14(3)5-7-15/h4-7,13,16H,8-12H2,1-3H3,(H2,18,19,22)/p+1/t16-/m0/s1. The molecule has 2 rings (SSSR count). The van der Waals surface area contributed by atoms with E-state index in [2.05, 4.69) is 43.5 Å². The van der Waals surface area contributed by atoms with Gasteiger partial charge in [0, 0.05) is 18.2 Å². The summed E-state index contributed by atoms with van der Waals surface area (Å²) in [5.41, 5.74) is 2.26. The van der Waals surface area contributed by atoms with Crippen LogP contribution in [0.1, 0.15) is 19.4 Å². The Hall–Kier alpha value is -1.17. The van der Waals surface area contributed by atoms with Crippen molar-refractivity contribution >= 4 is 23.0 Å². The number of hydrogen-bond acceptors (Lipinski definition) is 2. The van der Waals surface area contributed by atoms with E-state index in [1.54, 1.807) is 4.90 Å². The van der Waals surface area contributed by atoms with E-state index >= 15 is 0 Å². The summed E-state index contributed by atoms with van der Waals surface area (Å²) in [5.74, 6) is 0.728. The monoisotopic (exact) mass is 322 g/mol. The molecule has 1 saturated heterocycles. The van der Waals surface area contributed by atoms with Gasteiger partial charge in [-0.2, -0.15) is 0 Å². The van der Waals surface area contributed by atoms with Crippen molar-refractivity contribution in [1.82, 2.24) is 5.32 Å². The fourth-order valence-corrected chi connectivity index (χ4v) is 2.97. The second kappa shape index (κ2) is 8.46. The van der Waals surface area contributed by atoms with Crippen LogP contribution in [-0.2, 0) is 4.74 Å². The van der Waals surface area contributed by atoms with Gasteiger partial charge in [-0.3, -0.25) is 0 Å². The molecule has 0 amide bonds. The molecule has 122 valence electrons. The van der Waals surface area contributed by atoms with E-state index in [9.17, 15) is 0 Å². The lowest BCUT2D eigenvalue weighted by Crippen LogP contribution is -3.15. The number of rotatable bonds is 5. The third-order valence-electron chi connectivity index (χ3n) is 3.82. The van der Waals surface area contributed by atoms with Gasteiger partial charge in [0.05, 0.1) is 13.2 Å². The maximum atomic E-state index is 5.84. The number of anilines is 1. The Morgan fingerprint density at radius 2 is 2.09 bits per heavy atom. The molecule has 5 heteroatoms. The maximum absolute atomic E-state index is 5.84. The minimum absolute atomic E-state index is 0.236. The third kappa shape index (κ3) is 5.91. The SMILES string of the molecule is Cc1ccc(NC(=S)NC[C@H]2C[NH+](CC(C)C)CCO2)cc1. The summed E-state index contributed by atoms with van der Waals surface area (Å²) in [6.45, 7) is 11.6. The molecule has 1 aromatic carbocycles. The fourth-order valence-electron chi connectivity index (χ4n) is 2.77. The number of quaternary nitrogens is 1. The average Bonchev–Trinajstić information content (AvgIpc) is 2.47. The molecule has 0 saturated carbocycles. The van der Waals surface area contributed by atoms with Crippen molar-refractivity contribution in [3.05, 3.63) is 29.8 Å². The number of nitrogens with one attached hydrogen (secondary N) is 3. The highest BCUT2D eigenvalue weighted by Crippen LogP contribution is 2.08. The zero-order valence-electron chi connectivity index (χ0n) is 13.8. The minimum atomic E-state index is 0.236. The molecule has 2 atom stereocenters. The zero-order valence-corrected chi connectivity index (χ0v) is 14.6.